The van der Waals surface area contributed by atoms with Crippen molar-refractivity contribution in [3.8, 4) is 0 Å². The summed E-state index contributed by atoms with van der Waals surface area (Å²) in [5.74, 6) is 2.45. The minimum atomic E-state index is -0.0304. The summed E-state index contributed by atoms with van der Waals surface area (Å²) in [5.41, 5.74) is 1.87. The van der Waals surface area contributed by atoms with Gasteiger partial charge in [-0.3, -0.25) is 9.59 Å². The van der Waals surface area contributed by atoms with Crippen LogP contribution in [0, 0.1) is 28.6 Å². The lowest BCUT2D eigenvalue weighted by Crippen LogP contribution is -2.52. The summed E-state index contributed by atoms with van der Waals surface area (Å²) >= 11 is 0. The van der Waals surface area contributed by atoms with Crippen LogP contribution >= 0.6 is 0 Å². The minimum absolute atomic E-state index is 0.0304. The molecule has 0 spiro atoms. The van der Waals surface area contributed by atoms with Gasteiger partial charge in [0.25, 0.3) is 0 Å². The number of ether oxygens (including phenoxy) is 1. The molecule has 3 saturated carbocycles. The molecule has 0 aromatic rings. The van der Waals surface area contributed by atoms with Gasteiger partial charge in [0.15, 0.2) is 5.78 Å². The van der Waals surface area contributed by atoms with Gasteiger partial charge in [-0.05, 0) is 80.6 Å². The first-order valence-corrected chi connectivity index (χ1v) is 10.9. The van der Waals surface area contributed by atoms with E-state index in [1.807, 2.05) is 13.0 Å². The van der Waals surface area contributed by atoms with E-state index in [0.29, 0.717) is 24.0 Å². The molecule has 144 valence electrons. The maximum atomic E-state index is 12.0. The standard InChI is InChI=1S/C23H34O3/c1-4-21(25)26-20-9-8-19-17-7-6-15-14-16(24)10-12-22(15,3)18(17)11-13-23(19,20)5-2/h14,17-20H,4-13H2,1-3H3/t17-,18?,19?,20?,22?,23?/m1/s1. The van der Waals surface area contributed by atoms with E-state index in [2.05, 4.69) is 13.8 Å². The predicted molar refractivity (Wildman–Crippen MR) is 101 cm³/mol. The van der Waals surface area contributed by atoms with Crippen molar-refractivity contribution >= 4 is 11.8 Å². The lowest BCUT2D eigenvalue weighted by atomic mass is 9.46. The molecule has 26 heavy (non-hydrogen) atoms. The first kappa shape index (κ1) is 18.3. The van der Waals surface area contributed by atoms with E-state index in [1.165, 1.54) is 31.3 Å². The zero-order chi connectivity index (χ0) is 18.5. The van der Waals surface area contributed by atoms with Crippen molar-refractivity contribution in [3.63, 3.8) is 0 Å². The highest BCUT2D eigenvalue weighted by molar-refractivity contribution is 5.91. The van der Waals surface area contributed by atoms with Gasteiger partial charge in [-0.2, -0.15) is 0 Å². The molecule has 4 aliphatic carbocycles. The molecular formula is C23H34O3. The zero-order valence-electron chi connectivity index (χ0n) is 16.7. The molecule has 0 aromatic carbocycles. The molecule has 4 aliphatic rings. The monoisotopic (exact) mass is 358 g/mol. The number of hydrogen-bond acceptors (Lipinski definition) is 3. The summed E-state index contributed by atoms with van der Waals surface area (Å²) < 4.78 is 5.95. The summed E-state index contributed by atoms with van der Waals surface area (Å²) in [5, 5.41) is 0. The molecule has 0 aromatic heterocycles. The normalized spacial score (nSPS) is 44.6. The number of esters is 1. The van der Waals surface area contributed by atoms with Crippen LogP contribution in [0.2, 0.25) is 0 Å². The Morgan fingerprint density at radius 2 is 1.92 bits per heavy atom. The second kappa shape index (κ2) is 6.49. The van der Waals surface area contributed by atoms with E-state index in [9.17, 15) is 9.59 Å². The van der Waals surface area contributed by atoms with E-state index in [0.717, 1.165) is 38.0 Å². The maximum absolute atomic E-state index is 12.0. The van der Waals surface area contributed by atoms with Crippen LogP contribution < -0.4 is 0 Å². The summed E-state index contributed by atoms with van der Waals surface area (Å²) in [6.07, 6.45) is 12.5. The van der Waals surface area contributed by atoms with Crippen molar-refractivity contribution in [3.05, 3.63) is 11.6 Å². The van der Waals surface area contributed by atoms with Crippen LogP contribution in [-0.4, -0.2) is 17.9 Å². The highest BCUT2D eigenvalue weighted by atomic mass is 16.5. The van der Waals surface area contributed by atoms with Crippen LogP contribution in [0.4, 0.5) is 0 Å². The first-order chi connectivity index (χ1) is 12.4. The van der Waals surface area contributed by atoms with E-state index < -0.39 is 0 Å². The van der Waals surface area contributed by atoms with Crippen molar-refractivity contribution in [1.82, 2.24) is 0 Å². The first-order valence-electron chi connectivity index (χ1n) is 10.9. The lowest BCUT2D eigenvalue weighted by Gasteiger charge is -2.58. The third-order valence-corrected chi connectivity index (χ3v) is 8.82. The van der Waals surface area contributed by atoms with E-state index in [-0.39, 0.29) is 22.9 Å². The van der Waals surface area contributed by atoms with Crippen LogP contribution in [0.3, 0.4) is 0 Å². The molecule has 3 fully saturated rings. The van der Waals surface area contributed by atoms with Crippen molar-refractivity contribution < 1.29 is 14.3 Å². The Labute approximate surface area is 157 Å². The number of hydrogen-bond donors (Lipinski definition) is 0. The highest BCUT2D eigenvalue weighted by Gasteiger charge is 2.61. The summed E-state index contributed by atoms with van der Waals surface area (Å²) in [7, 11) is 0. The number of fused-ring (bicyclic) bond motifs is 5. The van der Waals surface area contributed by atoms with Crippen LogP contribution in [0.5, 0.6) is 0 Å². The number of ketones is 1. The van der Waals surface area contributed by atoms with Crippen LogP contribution in [-0.2, 0) is 14.3 Å². The maximum Gasteiger partial charge on any atom is 0.305 e. The molecule has 3 nitrogen and oxygen atoms in total. The average Bonchev–Trinajstić information content (AvgIpc) is 3.01. The molecule has 0 bridgehead atoms. The Morgan fingerprint density at radius 3 is 2.65 bits per heavy atom. The van der Waals surface area contributed by atoms with Gasteiger partial charge in [-0.25, -0.2) is 0 Å². The SMILES string of the molecule is CCC(=O)OC1CCC2[C@@H]3CCC4=CC(=O)CCC4(C)C3CCC12CC. The number of carbonyl (C=O) groups excluding carboxylic acids is 2. The third kappa shape index (κ3) is 2.52. The van der Waals surface area contributed by atoms with Crippen molar-refractivity contribution in [2.24, 2.45) is 28.6 Å². The van der Waals surface area contributed by atoms with Gasteiger partial charge in [0.1, 0.15) is 6.10 Å². The fourth-order valence-electron chi connectivity index (χ4n) is 7.41. The molecule has 0 amide bonds. The van der Waals surface area contributed by atoms with Crippen molar-refractivity contribution in [1.29, 1.82) is 0 Å². The van der Waals surface area contributed by atoms with E-state index in [1.54, 1.807) is 0 Å². The fraction of sp³-hybridized carbons (Fsp3) is 0.826. The van der Waals surface area contributed by atoms with Gasteiger partial charge in [0.05, 0.1) is 0 Å². The van der Waals surface area contributed by atoms with Crippen molar-refractivity contribution in [2.45, 2.75) is 91.1 Å². The number of allylic oxidation sites excluding steroid dienone is 1. The van der Waals surface area contributed by atoms with E-state index >= 15 is 0 Å². The molecule has 3 heteroatoms. The van der Waals surface area contributed by atoms with Crippen LogP contribution in [0.1, 0.15) is 85.0 Å². The largest absolute Gasteiger partial charge is 0.462 e. The molecule has 0 radical (unpaired) electrons. The molecule has 0 N–H and O–H groups in total. The number of rotatable bonds is 3. The minimum Gasteiger partial charge on any atom is -0.462 e. The highest BCUT2D eigenvalue weighted by Crippen LogP contribution is 2.66. The van der Waals surface area contributed by atoms with Crippen LogP contribution in [0.15, 0.2) is 11.6 Å². The zero-order valence-corrected chi connectivity index (χ0v) is 16.7. The molecule has 4 rings (SSSR count). The quantitative estimate of drug-likeness (QED) is 0.649. The predicted octanol–water partition coefficient (Wildman–Crippen LogP) is 5.23. The summed E-state index contributed by atoms with van der Waals surface area (Å²) in [6, 6.07) is 0. The van der Waals surface area contributed by atoms with E-state index in [4.69, 9.17) is 4.74 Å². The molecule has 0 saturated heterocycles. The molecular weight excluding hydrogens is 324 g/mol. The van der Waals surface area contributed by atoms with Gasteiger partial charge in [-0.1, -0.05) is 26.3 Å². The van der Waals surface area contributed by atoms with Crippen molar-refractivity contribution in [2.75, 3.05) is 0 Å². The summed E-state index contributed by atoms with van der Waals surface area (Å²) in [6.45, 7) is 6.63. The lowest BCUT2D eigenvalue weighted by molar-refractivity contribution is -0.161. The Bertz CT molecular complexity index is 635. The van der Waals surface area contributed by atoms with Gasteiger partial charge in [0, 0.05) is 18.3 Å². The second-order valence-electron chi connectivity index (χ2n) is 9.50. The molecule has 0 heterocycles. The average molecular weight is 359 g/mol. The van der Waals surface area contributed by atoms with Gasteiger partial charge >= 0.3 is 5.97 Å². The summed E-state index contributed by atoms with van der Waals surface area (Å²) in [4.78, 5) is 23.9. The molecule has 6 atom stereocenters. The fourth-order valence-corrected chi connectivity index (χ4v) is 7.41. The Hall–Kier alpha value is -1.12. The topological polar surface area (TPSA) is 43.4 Å². The second-order valence-corrected chi connectivity index (χ2v) is 9.50. The Kier molecular flexibility index (Phi) is 4.56. The third-order valence-electron chi connectivity index (χ3n) is 8.82. The van der Waals surface area contributed by atoms with Gasteiger partial charge in [0.2, 0.25) is 0 Å². The van der Waals surface area contributed by atoms with Crippen LogP contribution in [0.25, 0.3) is 0 Å². The molecule has 0 aliphatic heterocycles. The molecule has 5 unspecified atom stereocenters. The number of carbonyl (C=O) groups is 2. The van der Waals surface area contributed by atoms with Gasteiger partial charge in [-0.15, -0.1) is 0 Å². The Morgan fingerprint density at radius 1 is 1.12 bits per heavy atom. The smallest absolute Gasteiger partial charge is 0.305 e. The van der Waals surface area contributed by atoms with Gasteiger partial charge < -0.3 is 4.74 Å². The Balaban J connectivity index is 1.62.